The van der Waals surface area contributed by atoms with E-state index in [9.17, 15) is 9.18 Å². The van der Waals surface area contributed by atoms with Crippen molar-refractivity contribution in [3.05, 3.63) is 65.7 Å². The highest BCUT2D eigenvalue weighted by atomic mass is 19.1. The van der Waals surface area contributed by atoms with E-state index >= 15 is 0 Å². The van der Waals surface area contributed by atoms with Crippen molar-refractivity contribution in [2.75, 3.05) is 18.4 Å². The minimum Gasteiger partial charge on any atom is -0.450 e. The number of anilines is 1. The molecule has 0 bridgehead atoms. The maximum absolute atomic E-state index is 13.3. The van der Waals surface area contributed by atoms with Gasteiger partial charge >= 0.3 is 6.36 Å². The minimum atomic E-state index is -1.93. The van der Waals surface area contributed by atoms with Crippen LogP contribution in [0.2, 0.25) is 0 Å². The van der Waals surface area contributed by atoms with Crippen LogP contribution in [0.4, 0.5) is 10.1 Å². The van der Waals surface area contributed by atoms with Gasteiger partial charge in [-0.1, -0.05) is 42.5 Å². The number of alkyl halides is 1. The quantitative estimate of drug-likeness (QED) is 0.930. The number of nitrogens with zero attached hydrogens (tertiary/aromatic N) is 1. The number of fused-ring (bicyclic) bond motifs is 1. The van der Waals surface area contributed by atoms with Crippen molar-refractivity contribution in [1.29, 1.82) is 0 Å². The van der Waals surface area contributed by atoms with Gasteiger partial charge in [-0.05, 0) is 35.3 Å². The largest absolute Gasteiger partial charge is 0.450 e. The molecule has 0 aliphatic carbocycles. The lowest BCUT2D eigenvalue weighted by Crippen LogP contribution is -2.33. The number of hydrogen-bond donors (Lipinski definition) is 1. The SMILES string of the molecule is O=C1Nc2cc(CN3CC=C(c4ccccc4)CC3)ccc2OC1F. The Morgan fingerprint density at radius 3 is 2.80 bits per heavy atom. The molecule has 25 heavy (non-hydrogen) atoms. The van der Waals surface area contributed by atoms with Crippen molar-refractivity contribution < 1.29 is 13.9 Å². The average Bonchev–Trinajstić information content (AvgIpc) is 2.64. The van der Waals surface area contributed by atoms with Gasteiger partial charge in [0.2, 0.25) is 0 Å². The normalized spacial score (nSPS) is 20.3. The maximum atomic E-state index is 13.3. The van der Waals surface area contributed by atoms with Crippen LogP contribution in [-0.2, 0) is 11.3 Å². The summed E-state index contributed by atoms with van der Waals surface area (Å²) >= 11 is 0. The van der Waals surface area contributed by atoms with Crippen molar-refractivity contribution in [3.63, 3.8) is 0 Å². The monoisotopic (exact) mass is 338 g/mol. The molecule has 1 atom stereocenters. The summed E-state index contributed by atoms with van der Waals surface area (Å²) in [5.74, 6) is -0.376. The molecule has 0 saturated heterocycles. The number of halogens is 1. The molecule has 2 aliphatic heterocycles. The number of nitrogens with one attached hydrogen (secondary N) is 1. The summed E-state index contributed by atoms with van der Waals surface area (Å²) in [4.78, 5) is 13.7. The van der Waals surface area contributed by atoms with Gasteiger partial charge in [0.1, 0.15) is 5.75 Å². The van der Waals surface area contributed by atoms with Crippen molar-refractivity contribution in [2.45, 2.75) is 19.3 Å². The van der Waals surface area contributed by atoms with Crippen LogP contribution in [-0.4, -0.2) is 30.3 Å². The number of rotatable bonds is 3. The van der Waals surface area contributed by atoms with E-state index in [0.29, 0.717) is 11.4 Å². The van der Waals surface area contributed by atoms with Crippen LogP contribution in [0.3, 0.4) is 0 Å². The third kappa shape index (κ3) is 3.42. The van der Waals surface area contributed by atoms with E-state index in [-0.39, 0.29) is 0 Å². The Morgan fingerprint density at radius 2 is 2.04 bits per heavy atom. The topological polar surface area (TPSA) is 41.6 Å². The zero-order chi connectivity index (χ0) is 17.2. The summed E-state index contributed by atoms with van der Waals surface area (Å²) < 4.78 is 18.2. The Labute approximate surface area is 145 Å². The van der Waals surface area contributed by atoms with Gasteiger partial charge in [-0.2, -0.15) is 4.39 Å². The molecule has 5 heteroatoms. The number of benzene rings is 2. The molecule has 0 saturated carbocycles. The van der Waals surface area contributed by atoms with Gasteiger partial charge in [-0.25, -0.2) is 0 Å². The lowest BCUT2D eigenvalue weighted by atomic mass is 9.99. The van der Waals surface area contributed by atoms with E-state index in [4.69, 9.17) is 4.74 Å². The van der Waals surface area contributed by atoms with Crippen LogP contribution in [0.1, 0.15) is 17.5 Å². The fraction of sp³-hybridized carbons (Fsp3) is 0.250. The zero-order valence-electron chi connectivity index (χ0n) is 13.7. The van der Waals surface area contributed by atoms with Gasteiger partial charge in [0, 0.05) is 19.6 Å². The molecule has 0 fully saturated rings. The van der Waals surface area contributed by atoms with Gasteiger partial charge in [0.05, 0.1) is 5.69 Å². The van der Waals surface area contributed by atoms with Crippen molar-refractivity contribution >= 4 is 17.2 Å². The van der Waals surface area contributed by atoms with Crippen LogP contribution >= 0.6 is 0 Å². The fourth-order valence-corrected chi connectivity index (χ4v) is 3.26. The summed E-state index contributed by atoms with van der Waals surface area (Å²) in [7, 11) is 0. The molecule has 2 aliphatic rings. The number of amides is 1. The molecule has 0 radical (unpaired) electrons. The van der Waals surface area contributed by atoms with Gasteiger partial charge in [0.25, 0.3) is 5.91 Å². The summed E-state index contributed by atoms with van der Waals surface area (Å²) in [6.45, 7) is 2.64. The third-order valence-electron chi connectivity index (χ3n) is 4.58. The van der Waals surface area contributed by atoms with Gasteiger partial charge in [-0.3, -0.25) is 9.69 Å². The molecular formula is C20H19FN2O2. The second kappa shape index (κ2) is 6.69. The van der Waals surface area contributed by atoms with E-state index in [0.717, 1.165) is 31.6 Å². The second-order valence-corrected chi connectivity index (χ2v) is 6.33. The van der Waals surface area contributed by atoms with Crippen LogP contribution in [0.15, 0.2) is 54.6 Å². The molecular weight excluding hydrogens is 319 g/mol. The van der Waals surface area contributed by atoms with Gasteiger partial charge in [0.15, 0.2) is 0 Å². The summed E-state index contributed by atoms with van der Waals surface area (Å²) in [6, 6.07) is 15.9. The second-order valence-electron chi connectivity index (χ2n) is 6.33. The van der Waals surface area contributed by atoms with Crippen molar-refractivity contribution in [2.24, 2.45) is 0 Å². The molecule has 4 rings (SSSR count). The molecule has 0 aromatic heterocycles. The molecule has 1 amide bonds. The summed E-state index contributed by atoms with van der Waals surface area (Å²) in [6.07, 6.45) is 1.36. The Morgan fingerprint density at radius 1 is 1.20 bits per heavy atom. The van der Waals surface area contributed by atoms with E-state index in [1.54, 1.807) is 6.07 Å². The highest BCUT2D eigenvalue weighted by Gasteiger charge is 2.27. The van der Waals surface area contributed by atoms with E-state index < -0.39 is 12.3 Å². The lowest BCUT2D eigenvalue weighted by molar-refractivity contribution is -0.130. The average molecular weight is 338 g/mol. The number of hydrogen-bond acceptors (Lipinski definition) is 3. The van der Waals surface area contributed by atoms with Crippen molar-refractivity contribution in [1.82, 2.24) is 4.90 Å². The smallest absolute Gasteiger partial charge is 0.317 e. The van der Waals surface area contributed by atoms with Gasteiger partial charge in [-0.15, -0.1) is 0 Å². The van der Waals surface area contributed by atoms with E-state index in [2.05, 4.69) is 40.6 Å². The fourth-order valence-electron chi connectivity index (χ4n) is 3.26. The molecule has 0 spiro atoms. The minimum absolute atomic E-state index is 0.376. The van der Waals surface area contributed by atoms with Gasteiger partial charge < -0.3 is 10.1 Å². The van der Waals surface area contributed by atoms with Crippen molar-refractivity contribution in [3.8, 4) is 5.75 Å². The Bertz CT molecular complexity index is 820. The summed E-state index contributed by atoms with van der Waals surface area (Å²) in [5.41, 5.74) is 4.28. The molecule has 2 heterocycles. The predicted octanol–water partition coefficient (Wildman–Crippen LogP) is 3.60. The first-order valence-electron chi connectivity index (χ1n) is 8.40. The van der Waals surface area contributed by atoms with E-state index in [1.165, 1.54) is 11.1 Å². The maximum Gasteiger partial charge on any atom is 0.317 e. The Kier molecular flexibility index (Phi) is 4.24. The van der Waals surface area contributed by atoms with Crippen LogP contribution in [0, 0.1) is 0 Å². The first kappa shape index (κ1) is 15.8. The van der Waals surface area contributed by atoms with Crippen LogP contribution in [0.25, 0.3) is 5.57 Å². The van der Waals surface area contributed by atoms with E-state index in [1.807, 2.05) is 18.2 Å². The summed E-state index contributed by atoms with van der Waals surface area (Å²) in [5, 5.41) is 2.55. The molecule has 2 aromatic carbocycles. The Balaban J connectivity index is 1.43. The first-order valence-corrected chi connectivity index (χ1v) is 8.40. The number of carbonyl (C=O) groups excluding carboxylic acids is 1. The first-order chi connectivity index (χ1) is 12.2. The predicted molar refractivity (Wildman–Crippen MR) is 94.9 cm³/mol. The lowest BCUT2D eigenvalue weighted by Gasteiger charge is -2.27. The van der Waals surface area contributed by atoms with Crippen LogP contribution in [0.5, 0.6) is 5.75 Å². The standard InChI is InChI=1S/C20H19FN2O2/c21-19-20(24)22-17-12-14(6-7-18(17)25-19)13-23-10-8-16(9-11-23)15-4-2-1-3-5-15/h1-8,12,19H,9-11,13H2,(H,22,24). The Hall–Kier alpha value is -2.66. The highest BCUT2D eigenvalue weighted by Crippen LogP contribution is 2.31. The third-order valence-corrected chi connectivity index (χ3v) is 4.58. The molecule has 128 valence electrons. The molecule has 1 N–H and O–H groups in total. The molecule has 1 unspecified atom stereocenters. The van der Waals surface area contributed by atoms with Crippen LogP contribution < -0.4 is 10.1 Å². The highest BCUT2D eigenvalue weighted by molar-refractivity contribution is 5.96. The number of ether oxygens (including phenoxy) is 1. The zero-order valence-corrected chi connectivity index (χ0v) is 13.7. The molecule has 2 aromatic rings. The molecule has 4 nitrogen and oxygen atoms in total. The number of carbonyl (C=O) groups is 1.